The molecule has 2 aliphatic heterocycles. The lowest BCUT2D eigenvalue weighted by molar-refractivity contribution is 0.471. The summed E-state index contributed by atoms with van der Waals surface area (Å²) < 4.78 is 6.44. The highest BCUT2D eigenvalue weighted by atomic mass is 16.5. The Morgan fingerprint density at radius 2 is 1.09 bits per heavy atom. The topological polar surface area (TPSA) is 15.7 Å². The Morgan fingerprint density at radius 1 is 0.467 bits per heavy atom. The van der Waals surface area contributed by atoms with Gasteiger partial charge in [-0.05, 0) is 94.0 Å². The van der Waals surface area contributed by atoms with Crippen molar-refractivity contribution in [2.24, 2.45) is 0 Å². The highest BCUT2D eigenvalue weighted by Crippen LogP contribution is 2.60. The van der Waals surface area contributed by atoms with Gasteiger partial charge in [-0.15, -0.1) is 0 Å². The van der Waals surface area contributed by atoms with Crippen LogP contribution in [0, 0.1) is 0 Å². The van der Waals surface area contributed by atoms with E-state index in [0.717, 1.165) is 39.9 Å². The molecule has 3 nitrogen and oxygen atoms in total. The van der Waals surface area contributed by atoms with E-state index in [-0.39, 0.29) is 10.8 Å². The van der Waals surface area contributed by atoms with Crippen LogP contribution in [0.4, 0.5) is 34.1 Å². The number of ether oxygens (including phenoxy) is 1. The Balaban J connectivity index is 1.25. The van der Waals surface area contributed by atoms with E-state index in [1.807, 2.05) is 6.07 Å². The number of para-hydroxylation sites is 4. The van der Waals surface area contributed by atoms with Gasteiger partial charge in [-0.2, -0.15) is 0 Å². The molecule has 0 atom stereocenters. The molecule has 0 fully saturated rings. The van der Waals surface area contributed by atoms with Crippen molar-refractivity contribution in [2.75, 3.05) is 9.80 Å². The van der Waals surface area contributed by atoms with Crippen LogP contribution < -0.4 is 14.5 Å². The van der Waals surface area contributed by atoms with Crippen molar-refractivity contribution in [3.8, 4) is 22.6 Å². The molecule has 45 heavy (non-hydrogen) atoms. The van der Waals surface area contributed by atoms with Gasteiger partial charge in [0.05, 0.1) is 17.1 Å². The number of anilines is 6. The summed E-state index contributed by atoms with van der Waals surface area (Å²) in [5.41, 5.74) is 14.5. The molecule has 0 saturated heterocycles. The maximum absolute atomic E-state index is 6.44. The smallest absolute Gasteiger partial charge is 0.151 e. The van der Waals surface area contributed by atoms with Crippen LogP contribution in [-0.2, 0) is 10.8 Å². The maximum Gasteiger partial charge on any atom is 0.151 e. The first-order valence-electron chi connectivity index (χ1n) is 15.8. The second-order valence-electron chi connectivity index (χ2n) is 13.5. The van der Waals surface area contributed by atoms with Gasteiger partial charge < -0.3 is 14.5 Å². The fraction of sp³-hybridized carbons (Fsp3) is 0.143. The second-order valence-corrected chi connectivity index (χ2v) is 13.5. The number of nitrogens with zero attached hydrogens (tertiary/aromatic N) is 2. The molecule has 0 aromatic heterocycles. The molecule has 9 rings (SSSR count). The fourth-order valence-corrected chi connectivity index (χ4v) is 7.92. The molecule has 3 aliphatic rings. The number of fused-ring (bicyclic) bond motifs is 7. The summed E-state index contributed by atoms with van der Waals surface area (Å²) in [4.78, 5) is 4.81. The normalized spacial score (nSPS) is 15.6. The average molecular weight is 583 g/mol. The van der Waals surface area contributed by atoms with E-state index in [4.69, 9.17) is 4.74 Å². The van der Waals surface area contributed by atoms with E-state index in [9.17, 15) is 0 Å². The molecule has 0 amide bonds. The zero-order chi connectivity index (χ0) is 30.5. The molecule has 218 valence electrons. The molecule has 0 bridgehead atoms. The lowest BCUT2D eigenvalue weighted by atomic mass is 9.73. The second kappa shape index (κ2) is 9.12. The molecule has 6 aromatic carbocycles. The SMILES string of the molecule is CC1(C)c2ccccc2-c2ccc(N(c3ccccc3)c3ccc4c(c3)C(C)(C)c3cccc5c3N4c3ccccc3O5)cc21. The van der Waals surface area contributed by atoms with E-state index >= 15 is 0 Å². The van der Waals surface area contributed by atoms with Crippen molar-refractivity contribution < 1.29 is 4.74 Å². The lowest BCUT2D eigenvalue weighted by Gasteiger charge is -2.45. The predicted octanol–water partition coefficient (Wildman–Crippen LogP) is 11.7. The Kier molecular flexibility index (Phi) is 5.30. The van der Waals surface area contributed by atoms with Crippen molar-refractivity contribution in [1.29, 1.82) is 0 Å². The Morgan fingerprint density at radius 3 is 1.93 bits per heavy atom. The first-order valence-corrected chi connectivity index (χ1v) is 15.8. The first-order chi connectivity index (χ1) is 21.8. The van der Waals surface area contributed by atoms with Crippen LogP contribution in [0.3, 0.4) is 0 Å². The Hall–Kier alpha value is -5.28. The van der Waals surface area contributed by atoms with Crippen LogP contribution in [0.5, 0.6) is 11.5 Å². The molecule has 2 heterocycles. The van der Waals surface area contributed by atoms with E-state index in [1.54, 1.807) is 0 Å². The number of hydrogen-bond donors (Lipinski definition) is 0. The molecule has 0 radical (unpaired) electrons. The van der Waals surface area contributed by atoms with Crippen molar-refractivity contribution in [1.82, 2.24) is 0 Å². The summed E-state index contributed by atoms with van der Waals surface area (Å²) in [7, 11) is 0. The molecule has 0 saturated carbocycles. The highest BCUT2D eigenvalue weighted by Gasteiger charge is 2.42. The monoisotopic (exact) mass is 582 g/mol. The van der Waals surface area contributed by atoms with Gasteiger partial charge in [-0.1, -0.05) is 100 Å². The lowest BCUT2D eigenvalue weighted by Crippen LogP contribution is -2.32. The molecular formula is C42H34N2O. The van der Waals surface area contributed by atoms with Gasteiger partial charge in [-0.3, -0.25) is 0 Å². The van der Waals surface area contributed by atoms with E-state index in [1.165, 1.54) is 39.1 Å². The van der Waals surface area contributed by atoms with E-state index < -0.39 is 0 Å². The van der Waals surface area contributed by atoms with Crippen LogP contribution in [0.25, 0.3) is 11.1 Å². The van der Waals surface area contributed by atoms with Crippen molar-refractivity contribution in [2.45, 2.75) is 38.5 Å². The minimum atomic E-state index is -0.243. The van der Waals surface area contributed by atoms with Crippen molar-refractivity contribution in [3.63, 3.8) is 0 Å². The minimum Gasteiger partial charge on any atom is -0.453 e. The zero-order valence-corrected chi connectivity index (χ0v) is 26.0. The number of hydrogen-bond acceptors (Lipinski definition) is 3. The zero-order valence-electron chi connectivity index (χ0n) is 26.0. The van der Waals surface area contributed by atoms with Gasteiger partial charge >= 0.3 is 0 Å². The van der Waals surface area contributed by atoms with Gasteiger partial charge in [-0.25, -0.2) is 0 Å². The average Bonchev–Trinajstić information content (AvgIpc) is 3.29. The van der Waals surface area contributed by atoms with Crippen LogP contribution in [0.15, 0.2) is 133 Å². The van der Waals surface area contributed by atoms with Crippen LogP contribution in [0.2, 0.25) is 0 Å². The Labute approximate surface area is 265 Å². The summed E-state index contributed by atoms with van der Waals surface area (Å²) in [6, 6.07) is 48.4. The molecular weight excluding hydrogens is 548 g/mol. The molecule has 3 heteroatoms. The third-order valence-corrected chi connectivity index (χ3v) is 10.2. The van der Waals surface area contributed by atoms with Gasteiger partial charge in [0.25, 0.3) is 0 Å². The minimum absolute atomic E-state index is 0.0761. The Bertz CT molecular complexity index is 2160. The van der Waals surface area contributed by atoms with Crippen LogP contribution in [-0.4, -0.2) is 0 Å². The standard InChI is InChI=1S/C42H34N2O/c1-41(2)32-16-9-8-15-30(32)31-23-21-28(25-34(31)41)43(27-13-6-5-7-14-27)29-22-24-36-35(26-29)42(3,4)33-17-12-20-39-40(33)44(36)37-18-10-11-19-38(37)45-39/h5-26H,1-4H3. The molecule has 0 unspecified atom stereocenters. The van der Waals surface area contributed by atoms with Gasteiger partial charge in [0.2, 0.25) is 0 Å². The molecule has 1 aliphatic carbocycles. The fourth-order valence-electron chi connectivity index (χ4n) is 7.92. The highest BCUT2D eigenvalue weighted by molar-refractivity contribution is 5.94. The third kappa shape index (κ3) is 3.58. The van der Waals surface area contributed by atoms with Crippen LogP contribution >= 0.6 is 0 Å². The predicted molar refractivity (Wildman–Crippen MR) is 186 cm³/mol. The van der Waals surface area contributed by atoms with E-state index in [2.05, 4.69) is 165 Å². The van der Waals surface area contributed by atoms with Gasteiger partial charge in [0.1, 0.15) is 0 Å². The van der Waals surface area contributed by atoms with E-state index in [0.29, 0.717) is 0 Å². The van der Waals surface area contributed by atoms with Crippen molar-refractivity contribution >= 4 is 34.1 Å². The maximum atomic E-state index is 6.44. The number of rotatable bonds is 3. The van der Waals surface area contributed by atoms with Gasteiger partial charge in [0, 0.05) is 27.9 Å². The molecule has 0 N–H and O–H groups in total. The summed E-state index contributed by atoms with van der Waals surface area (Å²) in [6.45, 7) is 9.37. The van der Waals surface area contributed by atoms with Gasteiger partial charge in [0.15, 0.2) is 11.5 Å². The van der Waals surface area contributed by atoms with Crippen LogP contribution in [0.1, 0.15) is 49.9 Å². The van der Waals surface area contributed by atoms with Crippen molar-refractivity contribution in [3.05, 3.63) is 156 Å². The third-order valence-electron chi connectivity index (χ3n) is 10.2. The molecule has 0 spiro atoms. The summed E-state index contributed by atoms with van der Waals surface area (Å²) in [5.74, 6) is 1.78. The largest absolute Gasteiger partial charge is 0.453 e. The molecule has 6 aromatic rings. The summed E-state index contributed by atoms with van der Waals surface area (Å²) in [6.07, 6.45) is 0. The number of benzene rings is 6. The summed E-state index contributed by atoms with van der Waals surface area (Å²) in [5, 5.41) is 0. The quantitative estimate of drug-likeness (QED) is 0.206. The first kappa shape index (κ1) is 26.2. The summed E-state index contributed by atoms with van der Waals surface area (Å²) >= 11 is 0.